The molecule has 37 heavy (non-hydrogen) atoms. The summed E-state index contributed by atoms with van der Waals surface area (Å²) in [7, 11) is 1.50. The Kier molecular flexibility index (Phi) is 5.87. The minimum absolute atomic E-state index is 0.271. The van der Waals surface area contributed by atoms with Crippen molar-refractivity contribution in [2.24, 2.45) is 0 Å². The minimum atomic E-state index is -1.67. The third kappa shape index (κ3) is 4.44. The molecular formula is C27H20N6O3S. The van der Waals surface area contributed by atoms with E-state index in [0.29, 0.717) is 22.0 Å². The molecule has 0 saturated heterocycles. The standard InChI is InChI=1S/C27H20N6O3S/c1-36-27-24-10-19(14-30-27)17-5-6-23-22(9-17)25(32-15-31-23)20-7-16(11-28-13-20)12-29-26(34)18-3-2-4-21(8-18)37(35)33-24/h2-11,13-15,33H,12H2,1H3,(H,29,34). The molecule has 0 radical (unpaired) electrons. The van der Waals surface area contributed by atoms with Crippen LogP contribution in [-0.2, 0) is 17.9 Å². The van der Waals surface area contributed by atoms with Gasteiger partial charge in [0.1, 0.15) is 23.4 Å². The number of hydrogen-bond donors (Lipinski definition) is 2. The number of nitrogens with zero attached hydrogens (tertiary/aromatic N) is 4. The molecule has 182 valence electrons. The Morgan fingerprint density at radius 3 is 2.73 bits per heavy atom. The van der Waals surface area contributed by atoms with Crippen molar-refractivity contribution >= 4 is 33.9 Å². The maximum atomic E-state index is 13.2. The molecule has 2 aromatic carbocycles. The Bertz CT molecular complexity index is 1660. The van der Waals surface area contributed by atoms with Crippen LogP contribution >= 0.6 is 0 Å². The van der Waals surface area contributed by atoms with E-state index < -0.39 is 11.4 Å². The SMILES string of the molecule is COc1ncc2cc1N[S+]([O-])c1cccc(c1)C(=O)NCc1cncc(c1)-c1ncnc3ccc-2cc13. The van der Waals surface area contributed by atoms with Gasteiger partial charge in [0.25, 0.3) is 5.91 Å². The van der Waals surface area contributed by atoms with Crippen molar-refractivity contribution in [2.45, 2.75) is 11.4 Å². The molecule has 0 aliphatic carbocycles. The zero-order chi connectivity index (χ0) is 25.4. The van der Waals surface area contributed by atoms with E-state index in [1.54, 1.807) is 42.9 Å². The van der Waals surface area contributed by atoms with Gasteiger partial charge in [-0.25, -0.2) is 15.0 Å². The predicted molar refractivity (Wildman–Crippen MR) is 140 cm³/mol. The van der Waals surface area contributed by atoms with E-state index in [0.717, 1.165) is 38.9 Å². The Balaban J connectivity index is 1.56. The Morgan fingerprint density at radius 1 is 0.919 bits per heavy atom. The van der Waals surface area contributed by atoms with Crippen LogP contribution in [0, 0.1) is 0 Å². The number of methoxy groups -OCH3 is 1. The number of carbonyl (C=O) groups is 1. The fourth-order valence-electron chi connectivity index (χ4n) is 4.22. The molecule has 10 heteroatoms. The van der Waals surface area contributed by atoms with Gasteiger partial charge in [0.2, 0.25) is 5.88 Å². The fourth-order valence-corrected chi connectivity index (χ4v) is 5.12. The number of hydrogen-bond acceptors (Lipinski definition) is 8. The first-order chi connectivity index (χ1) is 18.1. The van der Waals surface area contributed by atoms with Gasteiger partial charge in [-0.15, -0.1) is 0 Å². The summed E-state index contributed by atoms with van der Waals surface area (Å²) in [6.07, 6.45) is 6.67. The maximum Gasteiger partial charge on any atom is 0.251 e. The smallest absolute Gasteiger partial charge is 0.251 e. The normalized spacial score (nSPS) is 14.9. The van der Waals surface area contributed by atoms with E-state index in [-0.39, 0.29) is 12.5 Å². The molecule has 0 saturated carbocycles. The molecule has 1 unspecified atom stereocenters. The number of rotatable bonds is 1. The zero-order valence-electron chi connectivity index (χ0n) is 19.6. The first kappa shape index (κ1) is 22.9. The van der Waals surface area contributed by atoms with E-state index in [1.807, 2.05) is 30.3 Å². The highest BCUT2D eigenvalue weighted by Crippen LogP contribution is 2.33. The second kappa shape index (κ2) is 9.49. The number of fused-ring (bicyclic) bond motifs is 9. The lowest BCUT2D eigenvalue weighted by molar-refractivity contribution is 0.0950. The second-order valence-electron chi connectivity index (χ2n) is 8.40. The average molecular weight is 509 g/mol. The Labute approximate surface area is 215 Å². The number of ether oxygens (including phenoxy) is 1. The average Bonchev–Trinajstić information content (AvgIpc) is 2.95. The first-order valence-electron chi connectivity index (χ1n) is 11.4. The second-order valence-corrected chi connectivity index (χ2v) is 9.61. The Hall–Kier alpha value is -4.54. The van der Waals surface area contributed by atoms with Crippen LogP contribution in [0.2, 0.25) is 0 Å². The van der Waals surface area contributed by atoms with E-state index in [4.69, 9.17) is 4.74 Å². The third-order valence-electron chi connectivity index (χ3n) is 6.05. The van der Waals surface area contributed by atoms with Gasteiger partial charge in [-0.3, -0.25) is 9.78 Å². The number of benzene rings is 2. The van der Waals surface area contributed by atoms with Crippen molar-refractivity contribution in [3.05, 3.63) is 90.6 Å². The van der Waals surface area contributed by atoms with Gasteiger partial charge < -0.3 is 14.6 Å². The lowest BCUT2D eigenvalue weighted by atomic mass is 10.0. The number of nitrogens with one attached hydrogen (secondary N) is 2. The van der Waals surface area contributed by atoms with Crippen LogP contribution in [0.1, 0.15) is 15.9 Å². The summed E-state index contributed by atoms with van der Waals surface area (Å²) in [5.41, 5.74) is 5.65. The molecule has 9 nitrogen and oxygen atoms in total. The topological polar surface area (TPSA) is 125 Å². The molecule has 5 aromatic rings. The summed E-state index contributed by atoms with van der Waals surface area (Å²) in [5.74, 6) is 0.0110. The Morgan fingerprint density at radius 2 is 1.84 bits per heavy atom. The fraction of sp³-hybridized carbons (Fsp3) is 0.0741. The summed E-state index contributed by atoms with van der Waals surface area (Å²) in [5, 5.41) is 3.75. The largest absolute Gasteiger partial charge is 0.588 e. The summed E-state index contributed by atoms with van der Waals surface area (Å²) < 4.78 is 21.6. The van der Waals surface area contributed by atoms with E-state index >= 15 is 0 Å². The van der Waals surface area contributed by atoms with Crippen molar-refractivity contribution < 1.29 is 14.1 Å². The van der Waals surface area contributed by atoms with Gasteiger partial charge in [0.05, 0.1) is 18.3 Å². The summed E-state index contributed by atoms with van der Waals surface area (Å²) in [4.78, 5) is 31.1. The third-order valence-corrected chi connectivity index (χ3v) is 7.13. The van der Waals surface area contributed by atoms with Gasteiger partial charge in [-0.2, -0.15) is 4.72 Å². The number of aromatic nitrogens is 4. The summed E-state index contributed by atoms with van der Waals surface area (Å²) in [6.45, 7) is 0.271. The van der Waals surface area contributed by atoms with Crippen LogP contribution in [0.3, 0.4) is 0 Å². The number of anilines is 1. The monoisotopic (exact) mass is 508 g/mol. The molecule has 1 amide bonds. The maximum absolute atomic E-state index is 13.2. The minimum Gasteiger partial charge on any atom is -0.588 e. The highest BCUT2D eigenvalue weighted by atomic mass is 32.2. The molecule has 0 fully saturated rings. The first-order valence-corrected chi connectivity index (χ1v) is 12.5. The van der Waals surface area contributed by atoms with Gasteiger partial charge in [0.15, 0.2) is 4.90 Å². The number of amides is 1. The van der Waals surface area contributed by atoms with Crippen LogP contribution < -0.4 is 14.8 Å². The van der Waals surface area contributed by atoms with Gasteiger partial charge >= 0.3 is 0 Å². The van der Waals surface area contributed by atoms with Crippen LogP contribution in [0.4, 0.5) is 5.69 Å². The van der Waals surface area contributed by atoms with Gasteiger partial charge in [0, 0.05) is 53.3 Å². The van der Waals surface area contributed by atoms with E-state index in [9.17, 15) is 9.35 Å². The van der Waals surface area contributed by atoms with Crippen molar-refractivity contribution in [3.63, 3.8) is 0 Å². The van der Waals surface area contributed by atoms with E-state index in [1.165, 1.54) is 13.4 Å². The van der Waals surface area contributed by atoms with Crippen LogP contribution in [0.15, 0.2) is 84.4 Å². The van der Waals surface area contributed by atoms with Crippen molar-refractivity contribution in [2.75, 3.05) is 11.8 Å². The van der Waals surface area contributed by atoms with Crippen molar-refractivity contribution in [1.29, 1.82) is 0 Å². The molecule has 0 spiro atoms. The molecule has 8 bridgehead atoms. The molecular weight excluding hydrogens is 488 g/mol. The molecule has 1 aliphatic rings. The summed E-state index contributed by atoms with van der Waals surface area (Å²) in [6, 6.07) is 16.3. The van der Waals surface area contributed by atoms with E-state index in [2.05, 4.69) is 30.0 Å². The molecule has 1 aliphatic heterocycles. The zero-order valence-corrected chi connectivity index (χ0v) is 20.5. The lowest BCUT2D eigenvalue weighted by Crippen LogP contribution is -2.23. The van der Waals surface area contributed by atoms with Crippen molar-refractivity contribution in [1.82, 2.24) is 25.3 Å². The van der Waals surface area contributed by atoms with Crippen LogP contribution in [0.5, 0.6) is 5.88 Å². The molecule has 2 N–H and O–H groups in total. The number of carbonyl (C=O) groups excluding carboxylic acids is 1. The summed E-state index contributed by atoms with van der Waals surface area (Å²) >= 11 is -1.67. The molecule has 4 heterocycles. The molecule has 6 rings (SSSR count). The predicted octanol–water partition coefficient (Wildman–Crippen LogP) is 4.14. The quantitative estimate of drug-likeness (QED) is 0.324. The van der Waals surface area contributed by atoms with Crippen molar-refractivity contribution in [3.8, 4) is 28.3 Å². The molecule has 3 aromatic heterocycles. The van der Waals surface area contributed by atoms with Gasteiger partial charge in [-0.1, -0.05) is 12.1 Å². The highest BCUT2D eigenvalue weighted by Gasteiger charge is 2.19. The lowest BCUT2D eigenvalue weighted by Gasteiger charge is -2.16. The van der Waals surface area contributed by atoms with Gasteiger partial charge in [-0.05, 0) is 47.5 Å². The molecule has 1 atom stereocenters. The van der Waals surface area contributed by atoms with Crippen LogP contribution in [-0.4, -0.2) is 37.5 Å². The highest BCUT2D eigenvalue weighted by molar-refractivity contribution is 7.92. The number of pyridine rings is 2. The van der Waals surface area contributed by atoms with Crippen LogP contribution in [0.25, 0.3) is 33.3 Å².